The van der Waals surface area contributed by atoms with Gasteiger partial charge < -0.3 is 4.74 Å². The molecule has 0 spiro atoms. The standard InChI is InChI=1S/C20H14O3/c21-18-12-6-1-2-7-13(12)19(22)17-15(18)10-9-14-11-5-3-4-8-16(11)23-20(14)17/h1-9,15,17,20H,10H2/t15-,17+,20+/m1/s1. The first-order valence-electron chi connectivity index (χ1n) is 7.89. The number of fused-ring (bicyclic) bond motifs is 6. The Labute approximate surface area is 133 Å². The van der Waals surface area contributed by atoms with Crippen LogP contribution in [0.25, 0.3) is 5.57 Å². The molecule has 0 saturated carbocycles. The highest BCUT2D eigenvalue weighted by molar-refractivity contribution is 6.17. The molecule has 0 N–H and O–H groups in total. The monoisotopic (exact) mass is 302 g/mol. The zero-order valence-electron chi connectivity index (χ0n) is 12.4. The first-order chi connectivity index (χ1) is 11.3. The Morgan fingerprint density at radius 3 is 2.26 bits per heavy atom. The van der Waals surface area contributed by atoms with E-state index < -0.39 is 5.92 Å². The van der Waals surface area contributed by atoms with Crippen molar-refractivity contribution in [2.45, 2.75) is 12.5 Å². The van der Waals surface area contributed by atoms with Crippen molar-refractivity contribution < 1.29 is 14.3 Å². The molecule has 112 valence electrons. The Morgan fingerprint density at radius 2 is 1.48 bits per heavy atom. The van der Waals surface area contributed by atoms with Crippen LogP contribution in [-0.2, 0) is 0 Å². The van der Waals surface area contributed by atoms with E-state index in [-0.39, 0.29) is 23.6 Å². The van der Waals surface area contributed by atoms with Gasteiger partial charge in [0.15, 0.2) is 11.6 Å². The van der Waals surface area contributed by atoms with Gasteiger partial charge in [-0.15, -0.1) is 0 Å². The van der Waals surface area contributed by atoms with Crippen LogP contribution in [0.2, 0.25) is 0 Å². The summed E-state index contributed by atoms with van der Waals surface area (Å²) in [5.74, 6) is 0.197. The van der Waals surface area contributed by atoms with Crippen LogP contribution in [0.5, 0.6) is 5.75 Å². The number of hydrogen-bond acceptors (Lipinski definition) is 3. The minimum atomic E-state index is -0.412. The second-order valence-corrected chi connectivity index (χ2v) is 6.34. The quantitative estimate of drug-likeness (QED) is 0.747. The van der Waals surface area contributed by atoms with Gasteiger partial charge in [-0.3, -0.25) is 9.59 Å². The van der Waals surface area contributed by atoms with Crippen LogP contribution < -0.4 is 4.74 Å². The highest BCUT2D eigenvalue weighted by Crippen LogP contribution is 2.49. The molecule has 3 aliphatic rings. The van der Waals surface area contributed by atoms with E-state index in [4.69, 9.17) is 4.74 Å². The van der Waals surface area contributed by atoms with Crippen LogP contribution in [-0.4, -0.2) is 17.7 Å². The van der Waals surface area contributed by atoms with Crippen molar-refractivity contribution in [2.75, 3.05) is 0 Å². The average molecular weight is 302 g/mol. The van der Waals surface area contributed by atoms with Crippen LogP contribution in [0.4, 0.5) is 0 Å². The Balaban J connectivity index is 1.66. The van der Waals surface area contributed by atoms with E-state index in [0.717, 1.165) is 16.9 Å². The molecular formula is C20H14O3. The SMILES string of the molecule is O=C1c2ccccc2C(=O)[C@@H]2CC=C3c4ccccc4O[C@@H]3[C@H]12. The Hall–Kier alpha value is -2.68. The largest absolute Gasteiger partial charge is 0.484 e. The minimum absolute atomic E-state index is 0.0357. The lowest BCUT2D eigenvalue weighted by molar-refractivity contribution is 0.0605. The number of carbonyl (C=O) groups is 2. The van der Waals surface area contributed by atoms with E-state index in [1.54, 1.807) is 12.1 Å². The normalized spacial score (nSPS) is 27.3. The summed E-state index contributed by atoms with van der Waals surface area (Å²) >= 11 is 0. The van der Waals surface area contributed by atoms with Gasteiger partial charge >= 0.3 is 0 Å². The Bertz CT molecular complexity index is 893. The van der Waals surface area contributed by atoms with Crippen LogP contribution >= 0.6 is 0 Å². The molecule has 3 heteroatoms. The molecule has 3 nitrogen and oxygen atoms in total. The van der Waals surface area contributed by atoms with Gasteiger partial charge in [0.1, 0.15) is 11.9 Å². The van der Waals surface area contributed by atoms with E-state index in [0.29, 0.717) is 17.5 Å². The molecule has 2 aromatic rings. The van der Waals surface area contributed by atoms with Gasteiger partial charge in [-0.25, -0.2) is 0 Å². The Morgan fingerprint density at radius 1 is 0.826 bits per heavy atom. The number of rotatable bonds is 0. The molecule has 23 heavy (non-hydrogen) atoms. The first kappa shape index (κ1) is 12.8. The fourth-order valence-electron chi connectivity index (χ4n) is 4.15. The molecule has 2 aliphatic carbocycles. The molecule has 0 amide bonds. The van der Waals surface area contributed by atoms with E-state index in [1.165, 1.54) is 0 Å². The third-order valence-electron chi connectivity index (χ3n) is 5.21. The molecule has 0 aromatic heterocycles. The molecule has 1 heterocycles. The summed E-state index contributed by atoms with van der Waals surface area (Å²) < 4.78 is 6.07. The number of ketones is 2. The van der Waals surface area contributed by atoms with Crippen molar-refractivity contribution in [1.82, 2.24) is 0 Å². The zero-order valence-corrected chi connectivity index (χ0v) is 12.4. The molecule has 0 bridgehead atoms. The average Bonchev–Trinajstić information content (AvgIpc) is 2.98. The van der Waals surface area contributed by atoms with E-state index in [1.807, 2.05) is 36.4 Å². The maximum Gasteiger partial charge on any atom is 0.171 e. The summed E-state index contributed by atoms with van der Waals surface area (Å²) in [6.45, 7) is 0. The van der Waals surface area contributed by atoms with Crippen LogP contribution in [0.1, 0.15) is 32.7 Å². The number of hydrogen-bond donors (Lipinski definition) is 0. The molecule has 0 saturated heterocycles. The lowest BCUT2D eigenvalue weighted by Crippen LogP contribution is -2.46. The molecule has 5 rings (SSSR count). The number of benzene rings is 2. The number of ether oxygens (including phenoxy) is 1. The van der Waals surface area contributed by atoms with E-state index in [9.17, 15) is 9.59 Å². The fourth-order valence-corrected chi connectivity index (χ4v) is 4.15. The predicted octanol–water partition coefficient (Wildman–Crippen LogP) is 3.55. The third kappa shape index (κ3) is 1.59. The summed E-state index contributed by atoms with van der Waals surface area (Å²) in [5, 5.41) is 0. The van der Waals surface area contributed by atoms with Crippen LogP contribution in [0, 0.1) is 11.8 Å². The lowest BCUT2D eigenvalue weighted by Gasteiger charge is -2.36. The van der Waals surface area contributed by atoms with Crippen LogP contribution in [0.3, 0.4) is 0 Å². The van der Waals surface area contributed by atoms with Crippen molar-refractivity contribution >= 4 is 17.1 Å². The summed E-state index contributed by atoms with van der Waals surface area (Å²) in [4.78, 5) is 25.9. The first-order valence-corrected chi connectivity index (χ1v) is 7.89. The van der Waals surface area contributed by atoms with Crippen molar-refractivity contribution in [1.29, 1.82) is 0 Å². The molecule has 0 unspecified atom stereocenters. The third-order valence-corrected chi connectivity index (χ3v) is 5.21. The molecular weight excluding hydrogens is 288 g/mol. The van der Waals surface area contributed by atoms with Gasteiger partial charge in [0.25, 0.3) is 0 Å². The number of Topliss-reactive ketones (excluding diaryl/α,β-unsaturated/α-hetero) is 2. The fraction of sp³-hybridized carbons (Fsp3) is 0.200. The van der Waals surface area contributed by atoms with Gasteiger partial charge in [-0.1, -0.05) is 48.5 Å². The summed E-state index contributed by atoms with van der Waals surface area (Å²) in [7, 11) is 0. The molecule has 3 atom stereocenters. The van der Waals surface area contributed by atoms with E-state index >= 15 is 0 Å². The number of allylic oxidation sites excluding steroid dienone is 1. The van der Waals surface area contributed by atoms with Crippen molar-refractivity contribution in [2.24, 2.45) is 11.8 Å². The molecule has 1 aliphatic heterocycles. The summed E-state index contributed by atoms with van der Waals surface area (Å²) in [6.07, 6.45) is 2.35. The molecule has 2 aromatic carbocycles. The Kier molecular flexibility index (Phi) is 2.46. The van der Waals surface area contributed by atoms with Gasteiger partial charge in [0.05, 0.1) is 5.92 Å². The molecule has 0 radical (unpaired) electrons. The zero-order chi connectivity index (χ0) is 15.6. The van der Waals surface area contributed by atoms with Crippen LogP contribution in [0.15, 0.2) is 54.6 Å². The lowest BCUT2D eigenvalue weighted by atomic mass is 9.66. The second-order valence-electron chi connectivity index (χ2n) is 6.34. The molecule has 0 fully saturated rings. The minimum Gasteiger partial charge on any atom is -0.484 e. The number of para-hydroxylation sites is 1. The highest BCUT2D eigenvalue weighted by Gasteiger charge is 2.51. The summed E-state index contributed by atoms with van der Waals surface area (Å²) in [5.41, 5.74) is 3.21. The smallest absolute Gasteiger partial charge is 0.171 e. The topological polar surface area (TPSA) is 43.4 Å². The van der Waals surface area contributed by atoms with Gasteiger partial charge in [-0.05, 0) is 12.5 Å². The predicted molar refractivity (Wildman–Crippen MR) is 85.5 cm³/mol. The number of carbonyl (C=O) groups excluding carboxylic acids is 2. The maximum atomic E-state index is 13.0. The van der Waals surface area contributed by atoms with Gasteiger partial charge in [-0.2, -0.15) is 0 Å². The maximum absolute atomic E-state index is 13.0. The van der Waals surface area contributed by atoms with Gasteiger partial charge in [0.2, 0.25) is 0 Å². The summed E-state index contributed by atoms with van der Waals surface area (Å²) in [6, 6.07) is 15.0. The van der Waals surface area contributed by atoms with Crippen molar-refractivity contribution in [3.05, 3.63) is 71.3 Å². The van der Waals surface area contributed by atoms with E-state index in [2.05, 4.69) is 6.08 Å². The van der Waals surface area contributed by atoms with Crippen molar-refractivity contribution in [3.8, 4) is 5.75 Å². The highest BCUT2D eigenvalue weighted by atomic mass is 16.5. The van der Waals surface area contributed by atoms with Crippen molar-refractivity contribution in [3.63, 3.8) is 0 Å². The van der Waals surface area contributed by atoms with Gasteiger partial charge in [0, 0.05) is 28.2 Å². The second kappa shape index (κ2) is 4.42.